The Hall–Kier alpha value is -3.26. The first-order valence-corrected chi connectivity index (χ1v) is 12.7. The number of sulfonamides is 1. The average molecular weight is 482 g/mol. The van der Waals surface area contributed by atoms with Crippen molar-refractivity contribution in [3.8, 4) is 6.07 Å². The van der Waals surface area contributed by atoms with Gasteiger partial charge < -0.3 is 14.6 Å². The van der Waals surface area contributed by atoms with E-state index in [2.05, 4.69) is 16.4 Å². The zero-order valence-corrected chi connectivity index (χ0v) is 19.8. The second-order valence-corrected chi connectivity index (χ2v) is 9.92. The van der Waals surface area contributed by atoms with Crippen LogP contribution in [0.5, 0.6) is 0 Å². The smallest absolute Gasteiger partial charge is 0.243 e. The van der Waals surface area contributed by atoms with Crippen LogP contribution in [-0.2, 0) is 32.5 Å². The maximum Gasteiger partial charge on any atom is 0.243 e. The Labute approximate surface area is 199 Å². The van der Waals surface area contributed by atoms with E-state index in [1.807, 2.05) is 29.7 Å². The Balaban J connectivity index is 1.50. The molecule has 10 heteroatoms. The van der Waals surface area contributed by atoms with Crippen LogP contribution in [0.3, 0.4) is 0 Å². The summed E-state index contributed by atoms with van der Waals surface area (Å²) in [6, 6.07) is 15.5. The SMILES string of the molecule is CCn1c(CCC(=O)N[C@H](C#N)c2ccccc2)nc2cc(S(=O)(=O)N3CCOCC3)ccc21. The fourth-order valence-corrected chi connectivity index (χ4v) is 5.52. The van der Waals surface area contributed by atoms with E-state index in [4.69, 9.17) is 4.74 Å². The zero-order valence-electron chi connectivity index (χ0n) is 19.0. The number of ether oxygens (including phenoxy) is 1. The summed E-state index contributed by atoms with van der Waals surface area (Å²) in [5.41, 5.74) is 2.12. The highest BCUT2D eigenvalue weighted by atomic mass is 32.2. The number of nitrogens with zero attached hydrogens (tertiary/aromatic N) is 4. The minimum absolute atomic E-state index is 0.160. The van der Waals surface area contributed by atoms with Gasteiger partial charge in [-0.25, -0.2) is 13.4 Å². The molecule has 1 saturated heterocycles. The fourth-order valence-electron chi connectivity index (χ4n) is 4.09. The van der Waals surface area contributed by atoms with Crippen molar-refractivity contribution in [3.63, 3.8) is 0 Å². The predicted molar refractivity (Wildman–Crippen MR) is 126 cm³/mol. The molecule has 1 aliphatic rings. The zero-order chi connectivity index (χ0) is 24.1. The van der Waals surface area contributed by atoms with Crippen LogP contribution in [0.1, 0.15) is 30.8 Å². The maximum atomic E-state index is 13.0. The first kappa shape index (κ1) is 23.9. The molecule has 0 saturated carbocycles. The van der Waals surface area contributed by atoms with Crippen LogP contribution in [-0.4, -0.2) is 54.5 Å². The van der Waals surface area contributed by atoms with Crippen molar-refractivity contribution in [1.29, 1.82) is 5.26 Å². The Morgan fingerprint density at radius 3 is 2.62 bits per heavy atom. The molecule has 0 bridgehead atoms. The first-order valence-electron chi connectivity index (χ1n) is 11.2. The molecule has 34 heavy (non-hydrogen) atoms. The highest BCUT2D eigenvalue weighted by molar-refractivity contribution is 7.89. The lowest BCUT2D eigenvalue weighted by Gasteiger charge is -2.26. The van der Waals surface area contributed by atoms with Gasteiger partial charge in [-0.2, -0.15) is 9.57 Å². The lowest BCUT2D eigenvalue weighted by atomic mass is 10.1. The minimum Gasteiger partial charge on any atom is -0.379 e. The molecule has 1 fully saturated rings. The number of amides is 1. The highest BCUT2D eigenvalue weighted by Gasteiger charge is 2.27. The van der Waals surface area contributed by atoms with Crippen LogP contribution in [0.2, 0.25) is 0 Å². The number of morpholine rings is 1. The Morgan fingerprint density at radius 1 is 1.21 bits per heavy atom. The average Bonchev–Trinajstić information content (AvgIpc) is 3.23. The number of fused-ring (bicyclic) bond motifs is 1. The Bertz CT molecular complexity index is 1310. The van der Waals surface area contributed by atoms with Crippen LogP contribution >= 0.6 is 0 Å². The summed E-state index contributed by atoms with van der Waals surface area (Å²) in [4.78, 5) is 17.4. The third-order valence-corrected chi connectivity index (χ3v) is 7.76. The number of imidazole rings is 1. The molecule has 2 heterocycles. The quantitative estimate of drug-likeness (QED) is 0.528. The van der Waals surface area contributed by atoms with Gasteiger partial charge in [0.1, 0.15) is 11.9 Å². The van der Waals surface area contributed by atoms with E-state index >= 15 is 0 Å². The van der Waals surface area contributed by atoms with Crippen LogP contribution in [0, 0.1) is 11.3 Å². The normalized spacial score (nSPS) is 15.6. The Morgan fingerprint density at radius 2 is 1.94 bits per heavy atom. The fraction of sp³-hybridized carbons (Fsp3) is 0.375. The van der Waals surface area contributed by atoms with Gasteiger partial charge in [0, 0.05) is 32.5 Å². The molecule has 178 valence electrons. The third kappa shape index (κ3) is 4.97. The summed E-state index contributed by atoms with van der Waals surface area (Å²) in [5, 5.41) is 12.2. The molecule has 3 aromatic rings. The van der Waals surface area contributed by atoms with Gasteiger partial charge in [-0.1, -0.05) is 30.3 Å². The number of nitriles is 1. The van der Waals surface area contributed by atoms with Crippen LogP contribution in [0.25, 0.3) is 11.0 Å². The van der Waals surface area contributed by atoms with E-state index in [0.29, 0.717) is 50.6 Å². The minimum atomic E-state index is -3.62. The standard InChI is InChI=1S/C24H27N5O4S/c1-2-29-22-9-8-19(34(31,32)28-12-14-33-15-13-28)16-20(22)26-23(29)10-11-24(30)27-21(17-25)18-6-4-3-5-7-18/h3-9,16,21H,2,10-15H2,1H3,(H,27,30)/t21-/m1/s1. The maximum absolute atomic E-state index is 13.0. The first-order chi connectivity index (χ1) is 16.4. The molecule has 1 N–H and O–H groups in total. The lowest BCUT2D eigenvalue weighted by Crippen LogP contribution is -2.40. The largest absolute Gasteiger partial charge is 0.379 e. The van der Waals surface area contributed by atoms with Gasteiger partial charge in [0.15, 0.2) is 0 Å². The molecule has 0 radical (unpaired) electrons. The molecule has 0 aliphatic carbocycles. The van der Waals surface area contributed by atoms with Crippen molar-refractivity contribution in [2.24, 2.45) is 0 Å². The van der Waals surface area contributed by atoms with E-state index in [9.17, 15) is 18.5 Å². The van der Waals surface area contributed by atoms with Gasteiger partial charge in [0.05, 0.1) is 35.2 Å². The molecule has 1 aliphatic heterocycles. The summed E-state index contributed by atoms with van der Waals surface area (Å²) in [5.74, 6) is 0.447. The van der Waals surface area contributed by atoms with E-state index in [1.165, 1.54) is 4.31 Å². The number of rotatable bonds is 8. The predicted octanol–water partition coefficient (Wildman–Crippen LogP) is 2.39. The number of aromatic nitrogens is 2. The number of carbonyl (C=O) groups excluding carboxylic acids is 1. The lowest BCUT2D eigenvalue weighted by molar-refractivity contribution is -0.121. The van der Waals surface area contributed by atoms with Crippen LogP contribution < -0.4 is 5.32 Å². The van der Waals surface area contributed by atoms with Gasteiger partial charge in [-0.15, -0.1) is 0 Å². The molecule has 0 spiro atoms. The number of benzene rings is 2. The number of nitrogens with one attached hydrogen (secondary N) is 1. The second-order valence-electron chi connectivity index (χ2n) is 7.98. The van der Waals surface area contributed by atoms with Crippen molar-refractivity contribution in [2.75, 3.05) is 26.3 Å². The van der Waals surface area contributed by atoms with Gasteiger partial charge >= 0.3 is 0 Å². The topological polar surface area (TPSA) is 117 Å². The molecule has 0 unspecified atom stereocenters. The van der Waals surface area contributed by atoms with E-state index < -0.39 is 16.1 Å². The summed E-state index contributed by atoms with van der Waals surface area (Å²) in [6.45, 7) is 4.04. The molecule has 1 aromatic heterocycles. The third-order valence-electron chi connectivity index (χ3n) is 5.87. The summed E-state index contributed by atoms with van der Waals surface area (Å²) < 4.78 is 34.7. The number of hydrogen-bond donors (Lipinski definition) is 1. The van der Waals surface area contributed by atoms with Gasteiger partial charge in [-0.3, -0.25) is 4.79 Å². The van der Waals surface area contributed by atoms with E-state index in [0.717, 1.165) is 11.1 Å². The molecule has 2 aromatic carbocycles. The van der Waals surface area contributed by atoms with Crippen molar-refractivity contribution in [3.05, 3.63) is 59.9 Å². The molecular formula is C24H27N5O4S. The van der Waals surface area contributed by atoms with Crippen molar-refractivity contribution in [1.82, 2.24) is 19.2 Å². The number of aryl methyl sites for hydroxylation is 2. The van der Waals surface area contributed by atoms with Crippen molar-refractivity contribution in [2.45, 2.75) is 37.2 Å². The summed E-state index contributed by atoms with van der Waals surface area (Å²) in [7, 11) is -3.62. The second kappa shape index (κ2) is 10.3. The summed E-state index contributed by atoms with van der Waals surface area (Å²) in [6.07, 6.45) is 0.528. The van der Waals surface area contributed by atoms with Crippen LogP contribution in [0.4, 0.5) is 0 Å². The van der Waals surface area contributed by atoms with Gasteiger partial charge in [-0.05, 0) is 30.7 Å². The van der Waals surface area contributed by atoms with E-state index in [1.54, 1.807) is 30.3 Å². The monoisotopic (exact) mass is 481 g/mol. The molecule has 1 amide bonds. The molecular weight excluding hydrogens is 454 g/mol. The highest BCUT2D eigenvalue weighted by Crippen LogP contribution is 2.24. The Kier molecular flexibility index (Phi) is 7.26. The number of hydrogen-bond acceptors (Lipinski definition) is 6. The number of carbonyl (C=O) groups is 1. The molecule has 9 nitrogen and oxygen atoms in total. The van der Waals surface area contributed by atoms with Crippen molar-refractivity contribution >= 4 is 27.0 Å². The van der Waals surface area contributed by atoms with Crippen molar-refractivity contribution < 1.29 is 17.9 Å². The molecule has 4 rings (SSSR count). The van der Waals surface area contributed by atoms with Crippen LogP contribution in [0.15, 0.2) is 53.4 Å². The van der Waals surface area contributed by atoms with E-state index in [-0.39, 0.29) is 17.2 Å². The molecule has 1 atom stereocenters. The van der Waals surface area contributed by atoms with Gasteiger partial charge in [0.25, 0.3) is 0 Å². The van der Waals surface area contributed by atoms with Gasteiger partial charge in [0.2, 0.25) is 15.9 Å². The summed E-state index contributed by atoms with van der Waals surface area (Å²) >= 11 is 0.